The molecule has 0 aliphatic heterocycles. The van der Waals surface area contributed by atoms with Crippen LogP contribution in [-0.4, -0.2) is 80.6 Å². The third kappa shape index (κ3) is 38.3. The first-order valence-corrected chi connectivity index (χ1v) is 23.0. The number of hydrogen-bond donors (Lipinski definition) is 1. The van der Waals surface area contributed by atoms with E-state index >= 15 is 0 Å². The Morgan fingerprint density at radius 3 is 1.50 bits per heavy atom. The highest BCUT2D eigenvalue weighted by molar-refractivity contribution is 5.72. The van der Waals surface area contributed by atoms with Gasteiger partial charge in [-0.05, 0) is 57.8 Å². The smallest absolute Gasteiger partial charge is 0.362 e. The molecule has 1 N–H and O–H groups in total. The number of hydrogen-bond acceptors (Lipinski definition) is 6. The van der Waals surface area contributed by atoms with Gasteiger partial charge in [-0.1, -0.05) is 170 Å². The molecule has 8 nitrogen and oxygen atoms in total. The summed E-state index contributed by atoms with van der Waals surface area (Å²) in [5, 5.41) is 9.62. The SMILES string of the molecule is CC/C=C/C=C/C=C/C=C/C=C/CCCCCC(=O)OC(COCCC(C(=O)O)[N+](C)(C)C)COC(=O)CCCCCCCCC/C=C/CCCCCCCCCC. The van der Waals surface area contributed by atoms with E-state index in [2.05, 4.69) is 38.2 Å². The van der Waals surface area contributed by atoms with Crippen LogP contribution < -0.4 is 0 Å². The van der Waals surface area contributed by atoms with Crippen molar-refractivity contribution in [2.75, 3.05) is 41.0 Å². The van der Waals surface area contributed by atoms with E-state index in [4.69, 9.17) is 14.2 Å². The molecular weight excluding hydrogens is 727 g/mol. The molecule has 0 aliphatic carbocycles. The van der Waals surface area contributed by atoms with Gasteiger partial charge in [-0.25, -0.2) is 4.79 Å². The van der Waals surface area contributed by atoms with Crippen LogP contribution in [0.4, 0.5) is 0 Å². The highest BCUT2D eigenvalue weighted by atomic mass is 16.6. The minimum Gasteiger partial charge on any atom is -0.477 e. The number of aliphatic carboxylic acids is 1. The molecule has 0 saturated heterocycles. The lowest BCUT2D eigenvalue weighted by molar-refractivity contribution is -0.887. The maximum absolute atomic E-state index is 12.7. The van der Waals surface area contributed by atoms with Gasteiger partial charge < -0.3 is 23.8 Å². The molecule has 0 bridgehead atoms. The van der Waals surface area contributed by atoms with Crippen LogP contribution in [0.25, 0.3) is 0 Å². The van der Waals surface area contributed by atoms with Gasteiger partial charge in [0.1, 0.15) is 6.61 Å². The van der Waals surface area contributed by atoms with Crippen LogP contribution in [0.3, 0.4) is 0 Å². The number of carboxylic acid groups (broad SMARTS) is 1. The number of esters is 2. The van der Waals surface area contributed by atoms with E-state index in [1.54, 1.807) is 0 Å². The van der Waals surface area contributed by atoms with Crippen LogP contribution in [0.15, 0.2) is 72.9 Å². The van der Waals surface area contributed by atoms with Gasteiger partial charge in [0.25, 0.3) is 0 Å². The summed E-state index contributed by atoms with van der Waals surface area (Å²) in [5.74, 6) is -1.53. The second kappa shape index (κ2) is 40.5. The van der Waals surface area contributed by atoms with Crippen LogP contribution in [0.5, 0.6) is 0 Å². The summed E-state index contributed by atoms with van der Waals surface area (Å²) >= 11 is 0. The second-order valence-corrected chi connectivity index (χ2v) is 16.4. The van der Waals surface area contributed by atoms with Crippen molar-refractivity contribution in [2.45, 2.75) is 187 Å². The summed E-state index contributed by atoms with van der Waals surface area (Å²) in [6.45, 7) is 4.54. The Hall–Kier alpha value is -3.23. The van der Waals surface area contributed by atoms with E-state index in [1.165, 1.54) is 89.9 Å². The Bertz CT molecular complexity index is 1180. The molecule has 0 spiro atoms. The van der Waals surface area contributed by atoms with Crippen molar-refractivity contribution in [3.63, 3.8) is 0 Å². The number of likely N-dealkylation sites (N-methyl/N-ethyl adjacent to an activating group) is 1. The molecule has 0 aromatic rings. The fraction of sp³-hybridized carbons (Fsp3) is 0.700. The van der Waals surface area contributed by atoms with Crippen molar-refractivity contribution in [3.8, 4) is 0 Å². The minimum atomic E-state index is -0.886. The predicted octanol–water partition coefficient (Wildman–Crippen LogP) is 12.7. The number of unbranched alkanes of at least 4 members (excludes halogenated alkanes) is 18. The summed E-state index contributed by atoms with van der Waals surface area (Å²) in [5.41, 5.74) is 0. The van der Waals surface area contributed by atoms with E-state index in [-0.39, 0.29) is 42.7 Å². The largest absolute Gasteiger partial charge is 0.477 e. The van der Waals surface area contributed by atoms with Crippen molar-refractivity contribution in [1.82, 2.24) is 0 Å². The number of nitrogens with zero attached hydrogens (tertiary/aromatic N) is 1. The lowest BCUT2D eigenvalue weighted by atomic mass is 10.1. The number of carbonyl (C=O) groups excluding carboxylic acids is 2. The Morgan fingerprint density at radius 1 is 0.534 bits per heavy atom. The summed E-state index contributed by atoms with van der Waals surface area (Å²) in [7, 11) is 5.50. The molecule has 8 heteroatoms. The number of ether oxygens (including phenoxy) is 3. The van der Waals surface area contributed by atoms with Crippen molar-refractivity contribution in [2.24, 2.45) is 0 Å². The molecule has 58 heavy (non-hydrogen) atoms. The zero-order chi connectivity index (χ0) is 42.8. The summed E-state index contributed by atoms with van der Waals surface area (Å²) in [6, 6.07) is -0.627. The number of carbonyl (C=O) groups is 3. The highest BCUT2D eigenvalue weighted by Crippen LogP contribution is 2.14. The van der Waals surface area contributed by atoms with Crippen LogP contribution in [-0.2, 0) is 28.6 Å². The van der Waals surface area contributed by atoms with E-state index < -0.39 is 18.1 Å². The van der Waals surface area contributed by atoms with E-state index in [0.717, 1.165) is 44.9 Å². The van der Waals surface area contributed by atoms with Gasteiger partial charge in [0.05, 0.1) is 34.4 Å². The molecule has 0 rings (SSSR count). The Labute approximate surface area is 355 Å². The first kappa shape index (κ1) is 54.8. The second-order valence-electron chi connectivity index (χ2n) is 16.4. The van der Waals surface area contributed by atoms with Gasteiger partial charge >= 0.3 is 17.9 Å². The average molecular weight is 813 g/mol. The number of rotatable bonds is 40. The summed E-state index contributed by atoms with van der Waals surface area (Å²) in [6.07, 6.45) is 50.9. The number of allylic oxidation sites excluding steroid dienone is 12. The third-order valence-electron chi connectivity index (χ3n) is 9.97. The van der Waals surface area contributed by atoms with Gasteiger partial charge in [0.15, 0.2) is 12.1 Å². The topological polar surface area (TPSA) is 99.1 Å². The quantitative estimate of drug-likeness (QED) is 0.0216. The fourth-order valence-corrected chi connectivity index (χ4v) is 6.40. The zero-order valence-corrected chi connectivity index (χ0v) is 37.7. The van der Waals surface area contributed by atoms with Crippen LogP contribution in [0, 0.1) is 0 Å². The maximum Gasteiger partial charge on any atom is 0.362 e. The first-order valence-electron chi connectivity index (χ1n) is 23.0. The molecule has 2 atom stereocenters. The molecule has 332 valence electrons. The zero-order valence-electron chi connectivity index (χ0n) is 37.7. The van der Waals surface area contributed by atoms with E-state index in [0.29, 0.717) is 19.3 Å². The molecule has 0 aliphatic rings. The van der Waals surface area contributed by atoms with Crippen LogP contribution >= 0.6 is 0 Å². The van der Waals surface area contributed by atoms with Crippen LogP contribution in [0.2, 0.25) is 0 Å². The fourth-order valence-electron chi connectivity index (χ4n) is 6.40. The van der Waals surface area contributed by atoms with Gasteiger partial charge in [0, 0.05) is 19.3 Å². The molecule has 0 aromatic carbocycles. The molecular formula is C50H86NO7+. The monoisotopic (exact) mass is 813 g/mol. The molecule has 0 fully saturated rings. The third-order valence-corrected chi connectivity index (χ3v) is 9.97. The van der Waals surface area contributed by atoms with Gasteiger partial charge in [-0.3, -0.25) is 9.59 Å². The lowest BCUT2D eigenvalue weighted by Gasteiger charge is -2.31. The molecule has 0 heterocycles. The van der Waals surface area contributed by atoms with Crippen molar-refractivity contribution in [1.29, 1.82) is 0 Å². The van der Waals surface area contributed by atoms with Crippen molar-refractivity contribution < 1.29 is 38.2 Å². The molecule has 0 aromatic heterocycles. The Morgan fingerprint density at radius 2 is 0.983 bits per heavy atom. The molecule has 0 radical (unpaired) electrons. The lowest BCUT2D eigenvalue weighted by Crippen LogP contribution is -2.50. The van der Waals surface area contributed by atoms with Gasteiger partial charge in [0.2, 0.25) is 0 Å². The average Bonchev–Trinajstić information content (AvgIpc) is 3.18. The normalized spacial score (nSPS) is 13.6. The van der Waals surface area contributed by atoms with Crippen LogP contribution in [0.1, 0.15) is 174 Å². The van der Waals surface area contributed by atoms with Gasteiger partial charge in [-0.2, -0.15) is 0 Å². The van der Waals surface area contributed by atoms with E-state index in [1.807, 2.05) is 69.8 Å². The van der Waals surface area contributed by atoms with Crippen molar-refractivity contribution >= 4 is 17.9 Å². The highest BCUT2D eigenvalue weighted by Gasteiger charge is 2.31. The Balaban J connectivity index is 4.38. The first-order chi connectivity index (χ1) is 28.1. The summed E-state index contributed by atoms with van der Waals surface area (Å²) in [4.78, 5) is 37.0. The standard InChI is InChI=1S/C50H85NO7/c1-6-8-10-12-14-16-18-20-22-23-24-25-27-28-30-32-34-36-38-40-48(52)57-45-46(44-56-43-42-47(50(54)55)51(3,4)5)58-49(53)41-39-37-35-33-31-29-26-21-19-17-15-13-11-9-7-2/h9,11,13,15,17,19,21,23-24,26,29,31,46-47H,6-8,10,12,14,16,18,20,22,25,27-28,30,32-45H2,1-5H3/p+1/b11-9+,15-13+,19-17+,24-23+,26-21+,31-29+. The van der Waals surface area contributed by atoms with Gasteiger partial charge in [-0.15, -0.1) is 0 Å². The van der Waals surface area contributed by atoms with E-state index in [9.17, 15) is 19.5 Å². The summed E-state index contributed by atoms with van der Waals surface area (Å²) < 4.78 is 17.2. The molecule has 0 amide bonds. The maximum atomic E-state index is 12.7. The van der Waals surface area contributed by atoms with Crippen molar-refractivity contribution in [3.05, 3.63) is 72.9 Å². The molecule has 0 saturated carbocycles. The predicted molar refractivity (Wildman–Crippen MR) is 243 cm³/mol. The number of quaternary nitrogens is 1. The minimum absolute atomic E-state index is 0.0389. The molecule has 2 unspecified atom stereocenters. The number of carboxylic acids is 1. The Kier molecular flexibility index (Phi) is 38.3.